The summed E-state index contributed by atoms with van der Waals surface area (Å²) in [6.45, 7) is 2.69. The number of ether oxygens (including phenoxy) is 2. The minimum atomic E-state index is -4.41. The van der Waals surface area contributed by atoms with E-state index in [-0.39, 0.29) is 11.9 Å². The van der Waals surface area contributed by atoms with Gasteiger partial charge in [0.15, 0.2) is 6.29 Å². The molecule has 0 amide bonds. The largest absolute Gasteiger partial charge is 0.416 e. The molecule has 0 aromatic heterocycles. The summed E-state index contributed by atoms with van der Waals surface area (Å²) in [6, 6.07) is 10.7. The van der Waals surface area contributed by atoms with Crippen molar-refractivity contribution in [1.29, 1.82) is 0 Å². The Morgan fingerprint density at radius 2 is 1.88 bits per heavy atom. The van der Waals surface area contributed by atoms with Crippen LogP contribution in [0.25, 0.3) is 0 Å². The predicted molar refractivity (Wildman–Crippen MR) is 87.8 cm³/mol. The van der Waals surface area contributed by atoms with Gasteiger partial charge in [-0.15, -0.1) is 0 Å². The molecule has 0 unspecified atom stereocenters. The first-order valence-corrected chi connectivity index (χ1v) is 8.27. The maximum atomic E-state index is 13.1. The van der Waals surface area contributed by atoms with Gasteiger partial charge < -0.3 is 14.8 Å². The first-order valence-electron chi connectivity index (χ1n) is 8.27. The molecule has 1 heterocycles. The number of nitrogens with one attached hydrogen (secondary N) is 1. The number of hydrogen-bond donors (Lipinski definition) is 1. The van der Waals surface area contributed by atoms with E-state index in [1.807, 2.05) is 0 Å². The lowest BCUT2D eigenvalue weighted by atomic mass is 10.0. The van der Waals surface area contributed by atoms with Crippen LogP contribution < -0.4 is 5.32 Å². The molecule has 2 aromatic rings. The van der Waals surface area contributed by atoms with Crippen molar-refractivity contribution in [3.05, 3.63) is 71.0 Å². The van der Waals surface area contributed by atoms with Gasteiger partial charge in [-0.25, -0.2) is 4.39 Å². The van der Waals surface area contributed by atoms with Crippen LogP contribution in [0, 0.1) is 5.82 Å². The van der Waals surface area contributed by atoms with Crippen LogP contribution in [0.5, 0.6) is 0 Å². The summed E-state index contributed by atoms with van der Waals surface area (Å²) in [7, 11) is 0. The van der Waals surface area contributed by atoms with Gasteiger partial charge in [0.05, 0.1) is 24.3 Å². The standard InChI is InChI=1S/C19H19F4NO2/c1-12(14-3-2-4-15(11-14)19(21,22)23)26-18-17(24-9-10-25-18)13-5-7-16(20)8-6-13/h2-8,11-12,17-18,24H,9-10H2,1H3/t12-,17-,18+/m0/s1. The second kappa shape index (κ2) is 7.73. The summed E-state index contributed by atoms with van der Waals surface area (Å²) >= 11 is 0. The zero-order valence-electron chi connectivity index (χ0n) is 14.1. The van der Waals surface area contributed by atoms with Gasteiger partial charge in [0.25, 0.3) is 0 Å². The topological polar surface area (TPSA) is 30.5 Å². The van der Waals surface area contributed by atoms with Crippen LogP contribution in [0.3, 0.4) is 0 Å². The molecule has 0 aliphatic carbocycles. The molecule has 3 nitrogen and oxygen atoms in total. The summed E-state index contributed by atoms with van der Waals surface area (Å²) < 4.78 is 63.4. The Morgan fingerprint density at radius 1 is 1.15 bits per heavy atom. The molecule has 7 heteroatoms. The SMILES string of the molecule is C[C@H](O[C@H]1OCCN[C@H]1c1ccc(F)cc1)c1cccc(C(F)(F)F)c1. The lowest BCUT2D eigenvalue weighted by Crippen LogP contribution is -2.43. The molecule has 1 fully saturated rings. The van der Waals surface area contributed by atoms with Gasteiger partial charge in [-0.05, 0) is 42.3 Å². The average molecular weight is 369 g/mol. The summed E-state index contributed by atoms with van der Waals surface area (Å²) in [4.78, 5) is 0. The van der Waals surface area contributed by atoms with Crippen molar-refractivity contribution in [3.8, 4) is 0 Å². The number of alkyl halides is 3. The number of rotatable bonds is 4. The van der Waals surface area contributed by atoms with E-state index in [2.05, 4.69) is 5.32 Å². The molecule has 1 saturated heterocycles. The van der Waals surface area contributed by atoms with E-state index in [4.69, 9.17) is 9.47 Å². The molecule has 3 atom stereocenters. The van der Waals surface area contributed by atoms with E-state index in [9.17, 15) is 17.6 Å². The lowest BCUT2D eigenvalue weighted by Gasteiger charge is -2.34. The Balaban J connectivity index is 1.76. The highest BCUT2D eigenvalue weighted by atomic mass is 19.4. The summed E-state index contributed by atoms with van der Waals surface area (Å²) in [5.41, 5.74) is 0.474. The maximum Gasteiger partial charge on any atom is 0.416 e. The van der Waals surface area contributed by atoms with E-state index in [0.29, 0.717) is 18.7 Å². The first-order chi connectivity index (χ1) is 12.3. The Hall–Kier alpha value is -1.96. The molecule has 1 N–H and O–H groups in total. The van der Waals surface area contributed by atoms with Crippen molar-refractivity contribution in [2.75, 3.05) is 13.2 Å². The Kier molecular flexibility index (Phi) is 5.60. The van der Waals surface area contributed by atoms with Crippen molar-refractivity contribution >= 4 is 0 Å². The third-order valence-corrected chi connectivity index (χ3v) is 4.27. The monoisotopic (exact) mass is 369 g/mol. The van der Waals surface area contributed by atoms with Crippen LogP contribution in [0.2, 0.25) is 0 Å². The molecule has 1 aliphatic heterocycles. The number of halogens is 4. The van der Waals surface area contributed by atoms with Crippen LogP contribution in [-0.2, 0) is 15.7 Å². The minimum absolute atomic E-state index is 0.336. The minimum Gasteiger partial charge on any atom is -0.349 e. The normalized spacial score (nSPS) is 22.2. The molecule has 3 rings (SSSR count). The zero-order valence-corrected chi connectivity index (χ0v) is 14.1. The predicted octanol–water partition coefficient (Wildman–Crippen LogP) is 4.61. The Bertz CT molecular complexity index is 733. The zero-order chi connectivity index (χ0) is 18.7. The number of benzene rings is 2. The molecule has 0 spiro atoms. The molecule has 140 valence electrons. The van der Waals surface area contributed by atoms with E-state index in [0.717, 1.165) is 17.7 Å². The maximum absolute atomic E-state index is 13.1. The molecule has 1 aliphatic rings. The van der Waals surface area contributed by atoms with Crippen LogP contribution in [0.4, 0.5) is 17.6 Å². The fourth-order valence-electron chi connectivity index (χ4n) is 2.89. The van der Waals surface area contributed by atoms with Crippen molar-refractivity contribution < 1.29 is 27.0 Å². The quantitative estimate of drug-likeness (QED) is 0.799. The van der Waals surface area contributed by atoms with Crippen molar-refractivity contribution in [2.24, 2.45) is 0 Å². The highest BCUT2D eigenvalue weighted by Gasteiger charge is 2.32. The molecule has 0 saturated carbocycles. The third kappa shape index (κ3) is 4.41. The van der Waals surface area contributed by atoms with Gasteiger partial charge in [-0.3, -0.25) is 0 Å². The molecule has 2 aromatic carbocycles. The number of morpholine rings is 1. The van der Waals surface area contributed by atoms with Crippen molar-refractivity contribution in [2.45, 2.75) is 31.5 Å². The van der Waals surface area contributed by atoms with Gasteiger partial charge in [-0.2, -0.15) is 13.2 Å². The van der Waals surface area contributed by atoms with Crippen molar-refractivity contribution in [3.63, 3.8) is 0 Å². The molecule has 0 bridgehead atoms. The Labute approximate surface area is 148 Å². The molecule has 0 radical (unpaired) electrons. The smallest absolute Gasteiger partial charge is 0.349 e. The lowest BCUT2D eigenvalue weighted by molar-refractivity contribution is -0.200. The second-order valence-corrected chi connectivity index (χ2v) is 6.12. The fourth-order valence-corrected chi connectivity index (χ4v) is 2.89. The van der Waals surface area contributed by atoms with E-state index in [1.165, 1.54) is 18.2 Å². The van der Waals surface area contributed by atoms with E-state index in [1.54, 1.807) is 25.1 Å². The van der Waals surface area contributed by atoms with Crippen LogP contribution in [0.15, 0.2) is 48.5 Å². The fraction of sp³-hybridized carbons (Fsp3) is 0.368. The van der Waals surface area contributed by atoms with Gasteiger partial charge in [0.2, 0.25) is 0 Å². The van der Waals surface area contributed by atoms with Crippen LogP contribution >= 0.6 is 0 Å². The molecule has 26 heavy (non-hydrogen) atoms. The molecular formula is C19H19F4NO2. The second-order valence-electron chi connectivity index (χ2n) is 6.12. The van der Waals surface area contributed by atoms with Crippen molar-refractivity contribution in [1.82, 2.24) is 5.32 Å². The third-order valence-electron chi connectivity index (χ3n) is 4.27. The van der Waals surface area contributed by atoms with Gasteiger partial charge >= 0.3 is 6.18 Å². The van der Waals surface area contributed by atoms with Crippen LogP contribution in [-0.4, -0.2) is 19.4 Å². The first kappa shape index (κ1) is 18.8. The highest BCUT2D eigenvalue weighted by Crippen LogP contribution is 2.33. The summed E-state index contributed by atoms with van der Waals surface area (Å²) in [5, 5.41) is 3.24. The summed E-state index contributed by atoms with van der Waals surface area (Å²) in [5.74, 6) is -0.347. The highest BCUT2D eigenvalue weighted by molar-refractivity contribution is 5.27. The summed E-state index contributed by atoms with van der Waals surface area (Å²) in [6.07, 6.45) is -5.71. The Morgan fingerprint density at radius 3 is 2.58 bits per heavy atom. The van der Waals surface area contributed by atoms with Gasteiger partial charge in [-0.1, -0.05) is 24.3 Å². The van der Waals surface area contributed by atoms with Crippen LogP contribution in [0.1, 0.15) is 35.8 Å². The van der Waals surface area contributed by atoms with Gasteiger partial charge in [0.1, 0.15) is 5.82 Å². The van der Waals surface area contributed by atoms with Gasteiger partial charge in [0, 0.05) is 6.54 Å². The molecular weight excluding hydrogens is 350 g/mol. The van der Waals surface area contributed by atoms with E-state index >= 15 is 0 Å². The number of hydrogen-bond acceptors (Lipinski definition) is 3. The van der Waals surface area contributed by atoms with E-state index < -0.39 is 24.1 Å². The average Bonchev–Trinajstić information content (AvgIpc) is 2.62.